The first-order valence-electron chi connectivity index (χ1n) is 8.84. The van der Waals surface area contributed by atoms with Crippen LogP contribution in [0.2, 0.25) is 0 Å². The van der Waals surface area contributed by atoms with Gasteiger partial charge in [0, 0.05) is 43.0 Å². The highest BCUT2D eigenvalue weighted by Gasteiger charge is 2.23. The van der Waals surface area contributed by atoms with Crippen LogP contribution in [0.1, 0.15) is 31.5 Å². The minimum absolute atomic E-state index is 0.0846. The predicted octanol–water partition coefficient (Wildman–Crippen LogP) is 3.57. The van der Waals surface area contributed by atoms with Crippen molar-refractivity contribution in [3.05, 3.63) is 38.8 Å². The van der Waals surface area contributed by atoms with Gasteiger partial charge in [0.05, 0.1) is 3.79 Å². The Morgan fingerprint density at radius 3 is 2.46 bits per heavy atom. The van der Waals surface area contributed by atoms with E-state index in [9.17, 15) is 0 Å². The maximum atomic E-state index is 4.83. The molecule has 4 heterocycles. The highest BCUT2D eigenvalue weighted by atomic mass is 79.9. The first kappa shape index (κ1) is 17.9. The van der Waals surface area contributed by atoms with Crippen LogP contribution >= 0.6 is 27.3 Å². The summed E-state index contributed by atoms with van der Waals surface area (Å²) in [7, 11) is 0. The molecule has 0 atom stereocenters. The first-order chi connectivity index (χ1) is 12.4. The molecule has 3 aromatic rings. The normalized spacial score (nSPS) is 16.5. The van der Waals surface area contributed by atoms with Gasteiger partial charge in [-0.2, -0.15) is 4.52 Å². The Morgan fingerprint density at radius 2 is 1.81 bits per heavy atom. The Kier molecular flexibility index (Phi) is 4.75. The average Bonchev–Trinajstić information content (AvgIpc) is 3.20. The lowest BCUT2D eigenvalue weighted by Crippen LogP contribution is -2.46. The van der Waals surface area contributed by atoms with Crippen molar-refractivity contribution in [2.75, 3.05) is 31.1 Å². The molecule has 0 aromatic carbocycles. The molecule has 26 heavy (non-hydrogen) atoms. The summed E-state index contributed by atoms with van der Waals surface area (Å²) in [4.78, 5) is 6.27. The summed E-state index contributed by atoms with van der Waals surface area (Å²) in [6.45, 7) is 11.5. The molecule has 8 heteroatoms. The molecule has 6 nitrogen and oxygen atoms in total. The van der Waals surface area contributed by atoms with Crippen LogP contribution in [0.5, 0.6) is 0 Å². The Bertz CT molecular complexity index is 904. The molecule has 3 aromatic heterocycles. The molecule has 0 aliphatic carbocycles. The van der Waals surface area contributed by atoms with Crippen LogP contribution in [0.15, 0.2) is 28.1 Å². The van der Waals surface area contributed by atoms with E-state index in [0.717, 1.165) is 50.0 Å². The van der Waals surface area contributed by atoms with Crippen LogP contribution in [-0.2, 0) is 12.0 Å². The van der Waals surface area contributed by atoms with Crippen molar-refractivity contribution in [1.82, 2.24) is 24.7 Å². The molecule has 1 aliphatic rings. The molecule has 0 spiro atoms. The highest BCUT2D eigenvalue weighted by molar-refractivity contribution is 9.11. The summed E-state index contributed by atoms with van der Waals surface area (Å²) in [6, 6.07) is 8.40. The molecule has 0 amide bonds. The minimum atomic E-state index is -0.0846. The number of halogens is 1. The van der Waals surface area contributed by atoms with Gasteiger partial charge in [-0.05, 0) is 40.2 Å². The number of fused-ring (bicyclic) bond motifs is 1. The number of anilines is 1. The molecular formula is C18H23BrN6S. The van der Waals surface area contributed by atoms with Crippen LogP contribution in [0, 0.1) is 0 Å². The van der Waals surface area contributed by atoms with Crippen molar-refractivity contribution in [3.8, 4) is 0 Å². The van der Waals surface area contributed by atoms with E-state index in [1.165, 1.54) is 8.66 Å². The molecule has 0 bridgehead atoms. The fraction of sp³-hybridized carbons (Fsp3) is 0.500. The fourth-order valence-electron chi connectivity index (χ4n) is 3.21. The van der Waals surface area contributed by atoms with Gasteiger partial charge >= 0.3 is 0 Å². The molecule has 0 N–H and O–H groups in total. The Labute approximate surface area is 166 Å². The number of hydrogen-bond donors (Lipinski definition) is 0. The van der Waals surface area contributed by atoms with Gasteiger partial charge in [0.25, 0.3) is 0 Å². The summed E-state index contributed by atoms with van der Waals surface area (Å²) in [5.74, 6) is 1.90. The van der Waals surface area contributed by atoms with E-state index in [1.54, 1.807) is 0 Å². The zero-order valence-corrected chi connectivity index (χ0v) is 17.7. The zero-order chi connectivity index (χ0) is 18.3. The molecule has 4 rings (SSSR count). The monoisotopic (exact) mass is 434 g/mol. The first-order valence-corrected chi connectivity index (χ1v) is 10.5. The Hall–Kier alpha value is -1.51. The second-order valence-electron chi connectivity index (χ2n) is 7.70. The van der Waals surface area contributed by atoms with Crippen LogP contribution in [0.25, 0.3) is 5.65 Å². The van der Waals surface area contributed by atoms with Gasteiger partial charge in [0.15, 0.2) is 11.5 Å². The van der Waals surface area contributed by atoms with E-state index in [2.05, 4.69) is 74.9 Å². The fourth-order valence-corrected chi connectivity index (χ4v) is 4.73. The van der Waals surface area contributed by atoms with Gasteiger partial charge < -0.3 is 4.90 Å². The number of piperazine rings is 1. The van der Waals surface area contributed by atoms with Crippen LogP contribution in [0.4, 0.5) is 5.82 Å². The van der Waals surface area contributed by atoms with Crippen LogP contribution in [0.3, 0.4) is 0 Å². The van der Waals surface area contributed by atoms with E-state index < -0.39 is 0 Å². The summed E-state index contributed by atoms with van der Waals surface area (Å²) < 4.78 is 3.09. The van der Waals surface area contributed by atoms with E-state index in [0.29, 0.717) is 0 Å². The Balaban J connectivity index is 1.47. The SMILES string of the molecule is CC(C)(C)c1nnc2ccc(N3CCN(Cc4ccc(Br)s4)CC3)nn12. The quantitative estimate of drug-likeness (QED) is 0.630. The average molecular weight is 435 g/mol. The maximum Gasteiger partial charge on any atom is 0.178 e. The minimum Gasteiger partial charge on any atom is -0.353 e. The molecule has 1 fully saturated rings. The molecule has 138 valence electrons. The van der Waals surface area contributed by atoms with E-state index in [-0.39, 0.29) is 5.41 Å². The molecule has 0 unspecified atom stereocenters. The van der Waals surface area contributed by atoms with Crippen molar-refractivity contribution in [2.24, 2.45) is 0 Å². The molecule has 0 radical (unpaired) electrons. The third-order valence-electron chi connectivity index (χ3n) is 4.62. The van der Waals surface area contributed by atoms with Crippen molar-refractivity contribution in [2.45, 2.75) is 32.7 Å². The van der Waals surface area contributed by atoms with E-state index >= 15 is 0 Å². The van der Waals surface area contributed by atoms with Gasteiger partial charge in [0.2, 0.25) is 0 Å². The van der Waals surface area contributed by atoms with Gasteiger partial charge in [-0.15, -0.1) is 26.6 Å². The van der Waals surface area contributed by atoms with Crippen molar-refractivity contribution in [3.63, 3.8) is 0 Å². The van der Waals surface area contributed by atoms with Crippen molar-refractivity contribution >= 4 is 38.7 Å². The summed E-state index contributed by atoms with van der Waals surface area (Å²) >= 11 is 5.36. The van der Waals surface area contributed by atoms with E-state index in [4.69, 9.17) is 5.10 Å². The maximum absolute atomic E-state index is 4.83. The van der Waals surface area contributed by atoms with Crippen molar-refractivity contribution in [1.29, 1.82) is 0 Å². The molecule has 1 saturated heterocycles. The topological polar surface area (TPSA) is 49.6 Å². The lowest BCUT2D eigenvalue weighted by molar-refractivity contribution is 0.251. The Morgan fingerprint density at radius 1 is 1.04 bits per heavy atom. The van der Waals surface area contributed by atoms with Crippen LogP contribution < -0.4 is 4.90 Å². The van der Waals surface area contributed by atoms with Gasteiger partial charge in [-0.25, -0.2) is 0 Å². The van der Waals surface area contributed by atoms with E-state index in [1.807, 2.05) is 21.9 Å². The lowest BCUT2D eigenvalue weighted by atomic mass is 9.96. The predicted molar refractivity (Wildman–Crippen MR) is 109 cm³/mol. The molecule has 1 aliphatic heterocycles. The third-order valence-corrected chi connectivity index (χ3v) is 6.23. The second kappa shape index (κ2) is 6.90. The zero-order valence-electron chi connectivity index (χ0n) is 15.3. The summed E-state index contributed by atoms with van der Waals surface area (Å²) in [6.07, 6.45) is 0. The standard InChI is InChI=1S/C18H23BrN6S/c1-18(2,3)17-21-20-15-6-7-16(22-25(15)17)24-10-8-23(9-11-24)12-13-4-5-14(19)26-13/h4-7H,8-12H2,1-3H3. The molecule has 0 saturated carbocycles. The number of rotatable bonds is 3. The summed E-state index contributed by atoms with van der Waals surface area (Å²) in [5.41, 5.74) is 0.721. The highest BCUT2D eigenvalue weighted by Crippen LogP contribution is 2.25. The number of nitrogens with zero attached hydrogens (tertiary/aromatic N) is 6. The third kappa shape index (κ3) is 3.63. The largest absolute Gasteiger partial charge is 0.353 e. The van der Waals surface area contributed by atoms with Gasteiger partial charge in [-0.3, -0.25) is 4.90 Å². The second-order valence-corrected chi connectivity index (χ2v) is 10.3. The van der Waals surface area contributed by atoms with Crippen molar-refractivity contribution < 1.29 is 0 Å². The molecular weight excluding hydrogens is 412 g/mol. The number of thiophene rings is 1. The van der Waals surface area contributed by atoms with Gasteiger partial charge in [-0.1, -0.05) is 20.8 Å². The van der Waals surface area contributed by atoms with Crippen LogP contribution in [-0.4, -0.2) is 50.9 Å². The lowest BCUT2D eigenvalue weighted by Gasteiger charge is -2.35. The van der Waals surface area contributed by atoms with Gasteiger partial charge in [0.1, 0.15) is 5.82 Å². The number of aromatic nitrogens is 4. The summed E-state index contributed by atoms with van der Waals surface area (Å²) in [5, 5.41) is 13.4. The smallest absolute Gasteiger partial charge is 0.178 e. The number of hydrogen-bond acceptors (Lipinski definition) is 6.